The van der Waals surface area contributed by atoms with E-state index in [1.807, 2.05) is 19.1 Å². The van der Waals surface area contributed by atoms with Crippen molar-refractivity contribution in [2.24, 2.45) is 0 Å². The monoisotopic (exact) mass is 337 g/mol. The van der Waals surface area contributed by atoms with E-state index in [1.165, 1.54) is 25.1 Å². The second-order valence-corrected chi connectivity index (χ2v) is 5.25. The smallest absolute Gasteiger partial charge is 0.418 e. The number of anilines is 1. The Bertz CT molecular complexity index is 713. The minimum absolute atomic E-state index is 0.283. The number of carbonyl (C=O) groups excluding carboxylic acids is 1. The van der Waals surface area contributed by atoms with E-state index >= 15 is 0 Å². The highest BCUT2D eigenvalue weighted by atomic mass is 19.4. The Morgan fingerprint density at radius 3 is 2.42 bits per heavy atom. The van der Waals surface area contributed by atoms with Gasteiger partial charge in [0.15, 0.2) is 6.10 Å². The minimum atomic E-state index is -4.54. The quantitative estimate of drug-likeness (QED) is 0.861. The van der Waals surface area contributed by atoms with Crippen molar-refractivity contribution >= 4 is 11.6 Å². The van der Waals surface area contributed by atoms with Crippen LogP contribution in [0.1, 0.15) is 25.0 Å². The molecule has 0 fully saturated rings. The predicted molar refractivity (Wildman–Crippen MR) is 86.0 cm³/mol. The summed E-state index contributed by atoms with van der Waals surface area (Å²) in [5, 5.41) is 2.29. The molecule has 0 bridgehead atoms. The number of nitrogens with one attached hydrogen (secondary N) is 1. The molecule has 24 heavy (non-hydrogen) atoms. The number of rotatable bonds is 5. The minimum Gasteiger partial charge on any atom is -0.481 e. The maximum absolute atomic E-state index is 13.0. The zero-order valence-corrected chi connectivity index (χ0v) is 13.4. The molecule has 2 rings (SSSR count). The number of amides is 1. The molecule has 0 unspecified atom stereocenters. The molecule has 0 radical (unpaired) electrons. The maximum atomic E-state index is 13.0. The molecule has 3 nitrogen and oxygen atoms in total. The van der Waals surface area contributed by atoms with Gasteiger partial charge >= 0.3 is 6.18 Å². The van der Waals surface area contributed by atoms with Gasteiger partial charge in [0.05, 0.1) is 11.3 Å². The Balaban J connectivity index is 2.13. The molecule has 0 spiro atoms. The number of carbonyl (C=O) groups is 1. The average Bonchev–Trinajstić information content (AvgIpc) is 2.54. The van der Waals surface area contributed by atoms with Crippen LogP contribution in [0.5, 0.6) is 5.75 Å². The fourth-order valence-corrected chi connectivity index (χ4v) is 2.23. The molecule has 128 valence electrons. The average molecular weight is 337 g/mol. The summed E-state index contributed by atoms with van der Waals surface area (Å²) in [5.74, 6) is -0.0932. The van der Waals surface area contributed by atoms with Crippen molar-refractivity contribution in [3.8, 4) is 5.75 Å². The topological polar surface area (TPSA) is 38.3 Å². The molecule has 2 aromatic carbocycles. The molecule has 0 aromatic heterocycles. The molecule has 0 aliphatic carbocycles. The Kier molecular flexibility index (Phi) is 5.49. The second kappa shape index (κ2) is 7.38. The standard InChI is InChI=1S/C18H18F3NO2/c1-3-13-8-4-7-11-16(13)24-12(2)17(23)22-15-10-6-5-9-14(15)18(19,20)21/h4-12H,3H2,1-2H3,(H,22,23)/t12-/m1/s1. The van der Waals surface area contributed by atoms with Crippen molar-refractivity contribution in [2.75, 3.05) is 5.32 Å². The van der Waals surface area contributed by atoms with E-state index in [9.17, 15) is 18.0 Å². The van der Waals surface area contributed by atoms with Crippen LogP contribution >= 0.6 is 0 Å². The van der Waals surface area contributed by atoms with Gasteiger partial charge in [-0.05, 0) is 37.1 Å². The maximum Gasteiger partial charge on any atom is 0.418 e. The van der Waals surface area contributed by atoms with E-state index in [2.05, 4.69) is 5.32 Å². The summed E-state index contributed by atoms with van der Waals surface area (Å²) in [6, 6.07) is 12.1. The van der Waals surface area contributed by atoms with Crippen LogP contribution in [0, 0.1) is 0 Å². The van der Waals surface area contributed by atoms with E-state index in [4.69, 9.17) is 4.74 Å². The van der Waals surface area contributed by atoms with E-state index in [1.54, 1.807) is 12.1 Å². The highest BCUT2D eigenvalue weighted by Crippen LogP contribution is 2.34. The molecule has 2 aromatic rings. The van der Waals surface area contributed by atoms with Crippen LogP contribution in [-0.2, 0) is 17.4 Å². The third-order valence-corrected chi connectivity index (χ3v) is 3.52. The van der Waals surface area contributed by atoms with E-state index < -0.39 is 23.8 Å². The van der Waals surface area contributed by atoms with Crippen LogP contribution in [0.25, 0.3) is 0 Å². The van der Waals surface area contributed by atoms with Gasteiger partial charge in [0.25, 0.3) is 5.91 Å². The first-order valence-corrected chi connectivity index (χ1v) is 7.54. The lowest BCUT2D eigenvalue weighted by atomic mass is 10.1. The van der Waals surface area contributed by atoms with Crippen LogP contribution in [0.3, 0.4) is 0 Å². The fraction of sp³-hybridized carbons (Fsp3) is 0.278. The molecule has 0 saturated heterocycles. The summed E-state index contributed by atoms with van der Waals surface area (Å²) in [6.07, 6.45) is -4.75. The number of hydrogen-bond acceptors (Lipinski definition) is 2. The number of hydrogen-bond donors (Lipinski definition) is 1. The van der Waals surface area contributed by atoms with Crippen molar-refractivity contribution in [2.45, 2.75) is 32.5 Å². The van der Waals surface area contributed by atoms with Gasteiger partial charge in [-0.25, -0.2) is 0 Å². The SMILES string of the molecule is CCc1ccccc1O[C@H](C)C(=O)Nc1ccccc1C(F)(F)F. The molecule has 0 aliphatic heterocycles. The van der Waals surface area contributed by atoms with Gasteiger partial charge in [0.1, 0.15) is 5.75 Å². The van der Waals surface area contributed by atoms with Gasteiger partial charge in [-0.15, -0.1) is 0 Å². The van der Waals surface area contributed by atoms with Crippen molar-refractivity contribution in [3.63, 3.8) is 0 Å². The molecule has 6 heteroatoms. The summed E-state index contributed by atoms with van der Waals surface area (Å²) in [6.45, 7) is 3.45. The molecule has 1 N–H and O–H groups in total. The van der Waals surface area contributed by atoms with Crippen LogP contribution in [0.2, 0.25) is 0 Å². The number of alkyl halides is 3. The lowest BCUT2D eigenvalue weighted by Gasteiger charge is -2.18. The van der Waals surface area contributed by atoms with Crippen molar-refractivity contribution in [1.82, 2.24) is 0 Å². The zero-order valence-electron chi connectivity index (χ0n) is 13.4. The normalized spacial score (nSPS) is 12.5. The van der Waals surface area contributed by atoms with Gasteiger partial charge in [0, 0.05) is 0 Å². The highest BCUT2D eigenvalue weighted by molar-refractivity contribution is 5.94. The second-order valence-electron chi connectivity index (χ2n) is 5.25. The Hall–Kier alpha value is -2.50. The molecular weight excluding hydrogens is 319 g/mol. The summed E-state index contributed by atoms with van der Waals surface area (Å²) in [7, 11) is 0. The number of para-hydroxylation sites is 2. The van der Waals surface area contributed by atoms with Gasteiger partial charge in [-0.1, -0.05) is 37.3 Å². The largest absolute Gasteiger partial charge is 0.481 e. The lowest BCUT2D eigenvalue weighted by Crippen LogP contribution is -2.31. The fourth-order valence-electron chi connectivity index (χ4n) is 2.23. The van der Waals surface area contributed by atoms with E-state index in [-0.39, 0.29) is 5.69 Å². The lowest BCUT2D eigenvalue weighted by molar-refractivity contribution is -0.137. The molecule has 1 amide bonds. The third-order valence-electron chi connectivity index (χ3n) is 3.52. The van der Waals surface area contributed by atoms with Gasteiger partial charge in [-0.2, -0.15) is 13.2 Å². The van der Waals surface area contributed by atoms with Gasteiger partial charge < -0.3 is 10.1 Å². The Morgan fingerprint density at radius 1 is 1.12 bits per heavy atom. The van der Waals surface area contributed by atoms with E-state index in [0.29, 0.717) is 5.75 Å². The first-order chi connectivity index (χ1) is 11.3. The first-order valence-electron chi connectivity index (χ1n) is 7.54. The van der Waals surface area contributed by atoms with Crippen LogP contribution in [0.4, 0.5) is 18.9 Å². The molecular formula is C18H18F3NO2. The molecule has 0 heterocycles. The molecule has 0 aliphatic rings. The molecule has 1 atom stereocenters. The summed E-state index contributed by atoms with van der Waals surface area (Å²) in [4.78, 5) is 12.2. The summed E-state index contributed by atoms with van der Waals surface area (Å²) < 4.78 is 44.5. The number of benzene rings is 2. The van der Waals surface area contributed by atoms with E-state index in [0.717, 1.165) is 18.1 Å². The number of ether oxygens (including phenoxy) is 1. The van der Waals surface area contributed by atoms with Crippen LogP contribution in [0.15, 0.2) is 48.5 Å². The summed E-state index contributed by atoms with van der Waals surface area (Å²) in [5.41, 5.74) is -0.249. The summed E-state index contributed by atoms with van der Waals surface area (Å²) >= 11 is 0. The van der Waals surface area contributed by atoms with Crippen LogP contribution in [-0.4, -0.2) is 12.0 Å². The van der Waals surface area contributed by atoms with Crippen LogP contribution < -0.4 is 10.1 Å². The number of aryl methyl sites for hydroxylation is 1. The highest BCUT2D eigenvalue weighted by Gasteiger charge is 2.34. The number of halogens is 3. The predicted octanol–water partition coefficient (Wildman–Crippen LogP) is 4.67. The molecule has 0 saturated carbocycles. The van der Waals surface area contributed by atoms with Gasteiger partial charge in [-0.3, -0.25) is 4.79 Å². The zero-order chi connectivity index (χ0) is 17.7. The van der Waals surface area contributed by atoms with Gasteiger partial charge in [0.2, 0.25) is 0 Å². The Labute approximate surface area is 138 Å². The van der Waals surface area contributed by atoms with Crippen molar-refractivity contribution in [1.29, 1.82) is 0 Å². The third kappa shape index (κ3) is 4.28. The Morgan fingerprint density at radius 2 is 1.75 bits per heavy atom. The van der Waals surface area contributed by atoms with Crippen molar-refractivity contribution < 1.29 is 22.7 Å². The first kappa shape index (κ1) is 17.8. The van der Waals surface area contributed by atoms with Crippen molar-refractivity contribution in [3.05, 3.63) is 59.7 Å².